The highest BCUT2D eigenvalue weighted by atomic mass is 79.9. The molecule has 0 aliphatic heterocycles. The van der Waals surface area contributed by atoms with Gasteiger partial charge < -0.3 is 0 Å². The van der Waals surface area contributed by atoms with Crippen molar-refractivity contribution >= 4 is 38.4 Å². The first-order valence-electron chi connectivity index (χ1n) is 6.35. The van der Waals surface area contributed by atoms with Crippen molar-refractivity contribution in [3.63, 3.8) is 0 Å². The molecule has 0 saturated heterocycles. The third-order valence-electron chi connectivity index (χ3n) is 3.22. The first kappa shape index (κ1) is 14.4. The van der Waals surface area contributed by atoms with E-state index in [0.717, 1.165) is 21.0 Å². The predicted octanol–water partition coefficient (Wildman–Crippen LogP) is 5.47. The number of fused-ring (bicyclic) bond motifs is 1. The van der Waals surface area contributed by atoms with E-state index >= 15 is 0 Å². The van der Waals surface area contributed by atoms with Gasteiger partial charge >= 0.3 is 0 Å². The van der Waals surface area contributed by atoms with Crippen molar-refractivity contribution in [1.82, 2.24) is 9.97 Å². The first-order chi connectivity index (χ1) is 9.95. The summed E-state index contributed by atoms with van der Waals surface area (Å²) in [6, 6.07) is 8.81. The number of aryl methyl sites for hydroxylation is 2. The quantitative estimate of drug-likeness (QED) is 0.534. The molecule has 0 aliphatic rings. The van der Waals surface area contributed by atoms with Crippen molar-refractivity contribution in [1.29, 1.82) is 0 Å². The maximum Gasteiger partial charge on any atom is 0.164 e. The number of hydrogen-bond donors (Lipinski definition) is 0. The highest BCUT2D eigenvalue weighted by molar-refractivity contribution is 9.10. The normalized spacial score (nSPS) is 11.1. The Hall–Kier alpha value is -1.52. The lowest BCUT2D eigenvalue weighted by atomic mass is 10.1. The molecule has 1 heterocycles. The van der Waals surface area contributed by atoms with Gasteiger partial charge in [0, 0.05) is 9.86 Å². The number of halogens is 3. The number of rotatable bonds is 1. The predicted molar refractivity (Wildman–Crippen MR) is 87.1 cm³/mol. The van der Waals surface area contributed by atoms with Crippen molar-refractivity contribution in [2.75, 3.05) is 0 Å². The summed E-state index contributed by atoms with van der Waals surface area (Å²) in [5.41, 5.74) is 2.92. The molecule has 0 spiro atoms. The molecule has 0 fully saturated rings. The van der Waals surface area contributed by atoms with Gasteiger partial charge in [0.05, 0.1) is 11.1 Å². The van der Waals surface area contributed by atoms with Crippen LogP contribution in [0.25, 0.3) is 22.3 Å². The second-order valence-corrected chi connectivity index (χ2v) is 6.18. The zero-order valence-electron chi connectivity index (χ0n) is 11.4. The first-order valence-corrected chi connectivity index (χ1v) is 7.53. The van der Waals surface area contributed by atoms with Gasteiger partial charge in [-0.15, -0.1) is 0 Å². The second-order valence-electron chi connectivity index (χ2n) is 4.96. The van der Waals surface area contributed by atoms with Gasteiger partial charge in [0.25, 0.3) is 0 Å². The smallest absolute Gasteiger partial charge is 0.164 e. The van der Waals surface area contributed by atoms with E-state index < -0.39 is 0 Å². The molecule has 21 heavy (non-hydrogen) atoms. The van der Waals surface area contributed by atoms with Gasteiger partial charge in [-0.05, 0) is 65.2 Å². The standard InChI is InChI=1S/C16H11BrClFN2/c1-8-3-4-10(13(19)7-8)16-20-14-11(15(18)21-16)5-9(2)6-12(14)17/h3-7H,1-2H3. The average molecular weight is 366 g/mol. The highest BCUT2D eigenvalue weighted by Crippen LogP contribution is 2.31. The van der Waals surface area contributed by atoms with Crippen molar-refractivity contribution in [2.45, 2.75) is 13.8 Å². The molecule has 106 valence electrons. The SMILES string of the molecule is Cc1ccc(-c2nc(Cl)c3cc(C)cc(Br)c3n2)c(F)c1. The Kier molecular flexibility index (Phi) is 3.68. The van der Waals surface area contributed by atoms with E-state index in [4.69, 9.17) is 11.6 Å². The van der Waals surface area contributed by atoms with Crippen LogP contribution in [0, 0.1) is 19.7 Å². The number of nitrogens with zero attached hydrogens (tertiary/aromatic N) is 2. The van der Waals surface area contributed by atoms with E-state index in [9.17, 15) is 4.39 Å². The van der Waals surface area contributed by atoms with Crippen LogP contribution >= 0.6 is 27.5 Å². The molecule has 0 aliphatic carbocycles. The van der Waals surface area contributed by atoms with Crippen molar-refractivity contribution in [2.24, 2.45) is 0 Å². The summed E-state index contributed by atoms with van der Waals surface area (Å²) in [5.74, 6) is -0.0665. The molecule has 2 nitrogen and oxygen atoms in total. The molecule has 3 aromatic rings. The molecule has 0 saturated carbocycles. The van der Waals surface area contributed by atoms with E-state index in [0.29, 0.717) is 16.2 Å². The Morgan fingerprint density at radius 3 is 2.52 bits per heavy atom. The van der Waals surface area contributed by atoms with Crippen LogP contribution in [0.2, 0.25) is 5.15 Å². The Labute approximate surface area is 135 Å². The molecular formula is C16H11BrClFN2. The fraction of sp³-hybridized carbons (Fsp3) is 0.125. The largest absolute Gasteiger partial charge is 0.227 e. The summed E-state index contributed by atoms with van der Waals surface area (Å²) in [6.45, 7) is 3.80. The van der Waals surface area contributed by atoms with Gasteiger partial charge in [0.15, 0.2) is 5.82 Å². The third-order valence-corrected chi connectivity index (χ3v) is 4.11. The van der Waals surface area contributed by atoms with E-state index in [1.807, 2.05) is 32.0 Å². The van der Waals surface area contributed by atoms with Crippen LogP contribution in [0.1, 0.15) is 11.1 Å². The second kappa shape index (κ2) is 5.35. The van der Waals surface area contributed by atoms with Crippen LogP contribution < -0.4 is 0 Å². The van der Waals surface area contributed by atoms with Crippen LogP contribution in [-0.4, -0.2) is 9.97 Å². The van der Waals surface area contributed by atoms with E-state index in [1.165, 1.54) is 6.07 Å². The van der Waals surface area contributed by atoms with Crippen LogP contribution in [0.3, 0.4) is 0 Å². The minimum atomic E-state index is -0.353. The summed E-state index contributed by atoms with van der Waals surface area (Å²) < 4.78 is 14.9. The monoisotopic (exact) mass is 364 g/mol. The van der Waals surface area contributed by atoms with Crippen molar-refractivity contribution in [3.8, 4) is 11.4 Å². The van der Waals surface area contributed by atoms with Gasteiger partial charge in [-0.25, -0.2) is 14.4 Å². The van der Waals surface area contributed by atoms with Gasteiger partial charge in [-0.3, -0.25) is 0 Å². The zero-order chi connectivity index (χ0) is 15.1. The summed E-state index contributed by atoms with van der Waals surface area (Å²) >= 11 is 9.72. The van der Waals surface area contributed by atoms with Crippen LogP contribution in [-0.2, 0) is 0 Å². The molecule has 0 radical (unpaired) electrons. The van der Waals surface area contributed by atoms with Gasteiger partial charge in [0.2, 0.25) is 0 Å². The summed E-state index contributed by atoms with van der Waals surface area (Å²) in [5, 5.41) is 1.07. The van der Waals surface area contributed by atoms with Crippen molar-refractivity contribution in [3.05, 3.63) is 56.9 Å². The maximum absolute atomic E-state index is 14.1. The summed E-state index contributed by atoms with van der Waals surface area (Å²) in [6.07, 6.45) is 0. The molecule has 0 atom stereocenters. The fourth-order valence-corrected chi connectivity index (χ4v) is 3.10. The number of hydrogen-bond acceptors (Lipinski definition) is 2. The Morgan fingerprint density at radius 2 is 1.81 bits per heavy atom. The third kappa shape index (κ3) is 2.65. The van der Waals surface area contributed by atoms with E-state index in [1.54, 1.807) is 6.07 Å². The van der Waals surface area contributed by atoms with Crippen molar-refractivity contribution < 1.29 is 4.39 Å². The fourth-order valence-electron chi connectivity index (χ4n) is 2.21. The lowest BCUT2D eigenvalue weighted by molar-refractivity contribution is 0.629. The average Bonchev–Trinajstić information content (AvgIpc) is 2.40. The van der Waals surface area contributed by atoms with Crippen LogP contribution in [0.5, 0.6) is 0 Å². The minimum Gasteiger partial charge on any atom is -0.227 e. The van der Waals surface area contributed by atoms with E-state index in [-0.39, 0.29) is 11.6 Å². The van der Waals surface area contributed by atoms with Crippen LogP contribution in [0.15, 0.2) is 34.8 Å². The zero-order valence-corrected chi connectivity index (χ0v) is 13.8. The lowest BCUT2D eigenvalue weighted by Crippen LogP contribution is -1.96. The minimum absolute atomic E-state index is 0.287. The lowest BCUT2D eigenvalue weighted by Gasteiger charge is -2.08. The van der Waals surface area contributed by atoms with E-state index in [2.05, 4.69) is 25.9 Å². The molecule has 0 bridgehead atoms. The van der Waals surface area contributed by atoms with Crippen LogP contribution in [0.4, 0.5) is 4.39 Å². The Bertz CT molecular complexity index is 865. The maximum atomic E-state index is 14.1. The topological polar surface area (TPSA) is 25.8 Å². The van der Waals surface area contributed by atoms with Gasteiger partial charge in [0.1, 0.15) is 11.0 Å². The molecule has 5 heteroatoms. The molecule has 0 unspecified atom stereocenters. The molecule has 2 aromatic carbocycles. The highest BCUT2D eigenvalue weighted by Gasteiger charge is 2.14. The van der Waals surface area contributed by atoms with Gasteiger partial charge in [-0.2, -0.15) is 0 Å². The summed E-state index contributed by atoms with van der Waals surface area (Å²) in [7, 11) is 0. The molecule has 0 amide bonds. The Morgan fingerprint density at radius 1 is 1.05 bits per heavy atom. The number of benzene rings is 2. The summed E-state index contributed by atoms with van der Waals surface area (Å²) in [4.78, 5) is 8.69. The molecule has 3 rings (SSSR count). The molecule has 1 aromatic heterocycles. The molecular weight excluding hydrogens is 355 g/mol. The number of aromatic nitrogens is 2. The Balaban J connectivity index is 2.30. The molecule has 0 N–H and O–H groups in total. The van der Waals surface area contributed by atoms with Gasteiger partial charge in [-0.1, -0.05) is 17.7 Å².